The van der Waals surface area contributed by atoms with Gasteiger partial charge in [0, 0.05) is 16.7 Å². The minimum atomic E-state index is -2.54. The van der Waals surface area contributed by atoms with Crippen molar-refractivity contribution in [3.8, 4) is 0 Å². The number of benzene rings is 2. The van der Waals surface area contributed by atoms with Crippen molar-refractivity contribution in [2.24, 2.45) is 0 Å². The number of amides is 1. The molecule has 0 spiro atoms. The van der Waals surface area contributed by atoms with Crippen LogP contribution in [0.4, 0.5) is 14.5 Å². The van der Waals surface area contributed by atoms with Crippen molar-refractivity contribution >= 4 is 23.2 Å². The van der Waals surface area contributed by atoms with E-state index in [4.69, 9.17) is 0 Å². The highest BCUT2D eigenvalue weighted by Gasteiger charge is 2.31. The number of fused-ring (bicyclic) bond motifs is 2. The Morgan fingerprint density at radius 3 is 2.29 bits per heavy atom. The molecule has 0 saturated heterocycles. The van der Waals surface area contributed by atoms with Gasteiger partial charge in [0.05, 0.1) is 24.3 Å². The van der Waals surface area contributed by atoms with Gasteiger partial charge in [0.2, 0.25) is 5.91 Å². The molecule has 3 rings (SSSR count). The molecule has 7 heteroatoms. The molecule has 0 aromatic heterocycles. The van der Waals surface area contributed by atoms with Gasteiger partial charge in [0.25, 0.3) is 6.43 Å². The zero-order valence-corrected chi connectivity index (χ0v) is 15.4. The molecule has 0 atom stereocenters. The highest BCUT2D eigenvalue weighted by Crippen LogP contribution is 2.31. The Morgan fingerprint density at radius 1 is 1.00 bits per heavy atom. The van der Waals surface area contributed by atoms with E-state index >= 15 is 0 Å². The average Bonchev–Trinajstić information content (AvgIpc) is 2.65. The largest absolute Gasteiger partial charge is 0.324 e. The molecule has 28 heavy (non-hydrogen) atoms. The SMILES string of the molecule is CCCN(CC(=O)Nc1cccc2c1C(=O)c1ccccc1C2=O)CC(F)F. The Balaban J connectivity index is 1.86. The van der Waals surface area contributed by atoms with E-state index in [-0.39, 0.29) is 40.5 Å². The first kappa shape index (κ1) is 19.8. The highest BCUT2D eigenvalue weighted by molar-refractivity contribution is 6.30. The molecule has 5 nitrogen and oxygen atoms in total. The van der Waals surface area contributed by atoms with Crippen LogP contribution in [-0.2, 0) is 4.79 Å². The number of alkyl halides is 2. The molecule has 1 aliphatic rings. The standard InChI is InChI=1S/C21H20F2N2O3/c1-2-10-25(11-17(22)23)12-18(26)24-16-9-5-8-15-19(16)21(28)14-7-4-3-6-13(14)20(15)27/h3-9,17H,2,10-12H2,1H3,(H,24,26). The molecule has 0 unspecified atom stereocenters. The van der Waals surface area contributed by atoms with Crippen LogP contribution in [0.2, 0.25) is 0 Å². The monoisotopic (exact) mass is 386 g/mol. The molecule has 0 aliphatic heterocycles. The van der Waals surface area contributed by atoms with Gasteiger partial charge in [-0.25, -0.2) is 8.78 Å². The van der Waals surface area contributed by atoms with E-state index in [0.717, 1.165) is 0 Å². The number of hydrogen-bond acceptors (Lipinski definition) is 4. The number of ketones is 2. The van der Waals surface area contributed by atoms with E-state index in [0.29, 0.717) is 18.5 Å². The molecule has 1 aliphatic carbocycles. The maximum Gasteiger partial charge on any atom is 0.251 e. The molecule has 146 valence electrons. The van der Waals surface area contributed by atoms with Crippen LogP contribution in [0.1, 0.15) is 45.2 Å². The number of carbonyl (C=O) groups excluding carboxylic acids is 3. The molecule has 1 amide bonds. The molecule has 0 bridgehead atoms. The molecule has 0 saturated carbocycles. The van der Waals surface area contributed by atoms with Crippen LogP contribution in [0.5, 0.6) is 0 Å². The summed E-state index contributed by atoms with van der Waals surface area (Å²) in [5, 5.41) is 2.62. The average molecular weight is 386 g/mol. The van der Waals surface area contributed by atoms with Gasteiger partial charge in [0.15, 0.2) is 11.6 Å². The van der Waals surface area contributed by atoms with E-state index in [2.05, 4.69) is 5.32 Å². The maximum atomic E-state index is 12.9. The summed E-state index contributed by atoms with van der Waals surface area (Å²) in [6, 6.07) is 11.2. The Bertz CT molecular complexity index is 928. The number of hydrogen-bond donors (Lipinski definition) is 1. The lowest BCUT2D eigenvalue weighted by Gasteiger charge is -2.22. The summed E-state index contributed by atoms with van der Waals surface area (Å²) in [5.74, 6) is -1.15. The summed E-state index contributed by atoms with van der Waals surface area (Å²) < 4.78 is 25.4. The molecule has 0 radical (unpaired) electrons. The quantitative estimate of drug-likeness (QED) is 0.676. The van der Waals surface area contributed by atoms with E-state index in [1.807, 2.05) is 6.92 Å². The first-order valence-electron chi connectivity index (χ1n) is 9.04. The number of carbonyl (C=O) groups is 3. The smallest absolute Gasteiger partial charge is 0.251 e. The summed E-state index contributed by atoms with van der Waals surface area (Å²) in [6.45, 7) is 1.47. The molecule has 1 N–H and O–H groups in total. The maximum absolute atomic E-state index is 12.9. The van der Waals surface area contributed by atoms with Gasteiger partial charge in [-0.15, -0.1) is 0 Å². The minimum Gasteiger partial charge on any atom is -0.324 e. The van der Waals surface area contributed by atoms with Crippen molar-refractivity contribution in [2.75, 3.05) is 25.0 Å². The van der Waals surface area contributed by atoms with Crippen molar-refractivity contribution in [3.63, 3.8) is 0 Å². The Labute approximate surface area is 161 Å². The number of nitrogens with zero attached hydrogens (tertiary/aromatic N) is 1. The third-order valence-corrected chi connectivity index (χ3v) is 4.53. The Morgan fingerprint density at radius 2 is 1.64 bits per heavy atom. The summed E-state index contributed by atoms with van der Waals surface area (Å²) in [7, 11) is 0. The Kier molecular flexibility index (Phi) is 5.94. The third-order valence-electron chi connectivity index (χ3n) is 4.53. The van der Waals surface area contributed by atoms with Gasteiger partial charge >= 0.3 is 0 Å². The van der Waals surface area contributed by atoms with E-state index in [9.17, 15) is 23.2 Å². The van der Waals surface area contributed by atoms with Gasteiger partial charge < -0.3 is 5.32 Å². The summed E-state index contributed by atoms with van der Waals surface area (Å²) in [5.41, 5.74) is 1.18. The fourth-order valence-corrected chi connectivity index (χ4v) is 3.39. The zero-order chi connectivity index (χ0) is 20.3. The van der Waals surface area contributed by atoms with Crippen LogP contribution in [0.15, 0.2) is 42.5 Å². The third kappa shape index (κ3) is 3.99. The summed E-state index contributed by atoms with van der Waals surface area (Å²) in [6.07, 6.45) is -1.91. The van der Waals surface area contributed by atoms with Crippen LogP contribution in [0.25, 0.3) is 0 Å². The van der Waals surface area contributed by atoms with Crippen molar-refractivity contribution in [1.29, 1.82) is 0 Å². The van der Waals surface area contributed by atoms with Gasteiger partial charge in [-0.2, -0.15) is 0 Å². The normalized spacial score (nSPS) is 12.9. The molecular formula is C21H20F2N2O3. The summed E-state index contributed by atoms with van der Waals surface area (Å²) in [4.78, 5) is 39.4. The molecule has 0 fully saturated rings. The topological polar surface area (TPSA) is 66.5 Å². The van der Waals surface area contributed by atoms with Crippen molar-refractivity contribution in [1.82, 2.24) is 4.90 Å². The predicted octanol–water partition coefficient (Wildman–Crippen LogP) is 3.38. The Hall–Kier alpha value is -2.93. The second kappa shape index (κ2) is 8.39. The molecular weight excluding hydrogens is 366 g/mol. The van der Waals surface area contributed by atoms with Gasteiger partial charge in [-0.1, -0.05) is 43.3 Å². The predicted molar refractivity (Wildman–Crippen MR) is 101 cm³/mol. The van der Waals surface area contributed by atoms with Crippen molar-refractivity contribution in [2.45, 2.75) is 19.8 Å². The van der Waals surface area contributed by atoms with E-state index < -0.39 is 18.9 Å². The molecule has 2 aromatic carbocycles. The van der Waals surface area contributed by atoms with Gasteiger partial charge in [0.1, 0.15) is 0 Å². The summed E-state index contributed by atoms with van der Waals surface area (Å²) >= 11 is 0. The number of anilines is 1. The fourth-order valence-electron chi connectivity index (χ4n) is 3.39. The lowest BCUT2D eigenvalue weighted by atomic mass is 9.83. The first-order valence-corrected chi connectivity index (χ1v) is 9.04. The van der Waals surface area contributed by atoms with Crippen LogP contribution in [0, 0.1) is 0 Å². The van der Waals surface area contributed by atoms with Crippen molar-refractivity contribution < 1.29 is 23.2 Å². The highest BCUT2D eigenvalue weighted by atomic mass is 19.3. The van der Waals surface area contributed by atoms with Gasteiger partial charge in [-0.3, -0.25) is 19.3 Å². The van der Waals surface area contributed by atoms with E-state index in [1.54, 1.807) is 36.4 Å². The zero-order valence-electron chi connectivity index (χ0n) is 15.4. The van der Waals surface area contributed by atoms with Crippen LogP contribution in [0.3, 0.4) is 0 Å². The number of rotatable bonds is 7. The fraction of sp³-hybridized carbons (Fsp3) is 0.286. The first-order chi connectivity index (χ1) is 13.4. The van der Waals surface area contributed by atoms with Crippen molar-refractivity contribution in [3.05, 3.63) is 64.7 Å². The molecule has 0 heterocycles. The number of halogens is 2. The number of nitrogens with one attached hydrogen (secondary N) is 1. The molecule has 2 aromatic rings. The minimum absolute atomic E-state index is 0.135. The van der Waals surface area contributed by atoms with Crippen LogP contribution in [-0.4, -0.2) is 48.4 Å². The van der Waals surface area contributed by atoms with Gasteiger partial charge in [-0.05, 0) is 19.0 Å². The van der Waals surface area contributed by atoms with Crippen LogP contribution >= 0.6 is 0 Å². The second-order valence-electron chi connectivity index (χ2n) is 6.61. The van der Waals surface area contributed by atoms with E-state index in [1.165, 1.54) is 11.0 Å². The lowest BCUT2D eigenvalue weighted by molar-refractivity contribution is -0.117. The lowest BCUT2D eigenvalue weighted by Crippen LogP contribution is -2.37. The second-order valence-corrected chi connectivity index (χ2v) is 6.61. The van der Waals surface area contributed by atoms with Crippen LogP contribution < -0.4 is 5.32 Å².